The minimum Gasteiger partial charge on any atom is -0.390 e. The maximum absolute atomic E-state index is 10.2. The zero-order valence-corrected chi connectivity index (χ0v) is 11.4. The Morgan fingerprint density at radius 3 is 2.85 bits per heavy atom. The van der Waals surface area contributed by atoms with Gasteiger partial charge in [0.2, 0.25) is 0 Å². The average Bonchev–Trinajstić information content (AvgIpc) is 2.76. The number of nitriles is 1. The number of anilines is 1. The second-order valence-electron chi connectivity index (χ2n) is 4.89. The maximum Gasteiger partial charge on any atom is 0.101 e. The highest BCUT2D eigenvalue weighted by molar-refractivity contribution is 6.30. The molecule has 2 aromatic carbocycles. The molecule has 0 saturated carbocycles. The van der Waals surface area contributed by atoms with Crippen molar-refractivity contribution in [2.24, 2.45) is 0 Å². The molecule has 0 fully saturated rings. The summed E-state index contributed by atoms with van der Waals surface area (Å²) in [5.41, 5.74) is 3.38. The van der Waals surface area contributed by atoms with Crippen molar-refractivity contribution in [3.8, 4) is 6.07 Å². The van der Waals surface area contributed by atoms with E-state index in [4.69, 9.17) is 16.9 Å². The van der Waals surface area contributed by atoms with Crippen molar-refractivity contribution < 1.29 is 5.11 Å². The van der Waals surface area contributed by atoms with Gasteiger partial charge in [-0.15, -0.1) is 0 Å². The number of hydrogen-bond donors (Lipinski definition) is 2. The van der Waals surface area contributed by atoms with Crippen LogP contribution in [0.1, 0.15) is 22.7 Å². The van der Waals surface area contributed by atoms with E-state index >= 15 is 0 Å². The second kappa shape index (κ2) is 5.16. The van der Waals surface area contributed by atoms with Crippen LogP contribution in [-0.2, 0) is 6.42 Å². The summed E-state index contributed by atoms with van der Waals surface area (Å²) in [4.78, 5) is 0. The first-order chi connectivity index (χ1) is 9.69. The van der Waals surface area contributed by atoms with Gasteiger partial charge in [-0.2, -0.15) is 5.26 Å². The first-order valence-corrected chi connectivity index (χ1v) is 6.79. The number of nitrogens with zero attached hydrogens (tertiary/aromatic N) is 1. The van der Waals surface area contributed by atoms with Gasteiger partial charge in [0.25, 0.3) is 0 Å². The summed E-state index contributed by atoms with van der Waals surface area (Å²) in [6, 6.07) is 14.9. The number of rotatable bonds is 2. The molecule has 2 aromatic rings. The second-order valence-corrected chi connectivity index (χ2v) is 5.33. The van der Waals surface area contributed by atoms with Crippen LogP contribution in [0, 0.1) is 11.3 Å². The number of benzene rings is 2. The van der Waals surface area contributed by atoms with Gasteiger partial charge in [-0.05, 0) is 29.3 Å². The van der Waals surface area contributed by atoms with Gasteiger partial charge >= 0.3 is 0 Å². The van der Waals surface area contributed by atoms with Crippen molar-refractivity contribution in [1.29, 1.82) is 5.26 Å². The molecule has 0 heterocycles. The van der Waals surface area contributed by atoms with Crippen LogP contribution in [0.2, 0.25) is 5.02 Å². The first-order valence-electron chi connectivity index (χ1n) is 6.41. The third-order valence-electron chi connectivity index (χ3n) is 3.62. The topological polar surface area (TPSA) is 56.0 Å². The third-order valence-corrected chi connectivity index (χ3v) is 3.85. The molecule has 2 atom stereocenters. The molecule has 0 bridgehead atoms. The average molecular weight is 285 g/mol. The molecule has 2 N–H and O–H groups in total. The van der Waals surface area contributed by atoms with E-state index in [0.29, 0.717) is 22.7 Å². The van der Waals surface area contributed by atoms with Crippen LogP contribution >= 0.6 is 11.6 Å². The van der Waals surface area contributed by atoms with Gasteiger partial charge in [0.15, 0.2) is 0 Å². The van der Waals surface area contributed by atoms with Crippen LogP contribution in [0.15, 0.2) is 42.5 Å². The van der Waals surface area contributed by atoms with Gasteiger partial charge in [-0.3, -0.25) is 0 Å². The molecule has 0 aromatic heterocycles. The van der Waals surface area contributed by atoms with Gasteiger partial charge in [-0.25, -0.2) is 0 Å². The monoisotopic (exact) mass is 284 g/mol. The molecular formula is C16H13ClN2O. The fraction of sp³-hybridized carbons (Fsp3) is 0.188. The van der Waals surface area contributed by atoms with Gasteiger partial charge < -0.3 is 10.4 Å². The number of hydrogen-bond acceptors (Lipinski definition) is 3. The standard InChI is InChI=1S/C16H13ClN2O/c17-12-6-5-11(9-18)14(8-12)19-16-13-4-2-1-3-10(13)7-15(16)20/h1-6,8,15-16,19-20H,7H2/t15-,16+/m1/s1. The predicted molar refractivity (Wildman–Crippen MR) is 78.7 cm³/mol. The zero-order valence-electron chi connectivity index (χ0n) is 10.7. The minimum atomic E-state index is -0.502. The smallest absolute Gasteiger partial charge is 0.101 e. The fourth-order valence-corrected chi connectivity index (χ4v) is 2.82. The molecule has 1 aliphatic carbocycles. The lowest BCUT2D eigenvalue weighted by Crippen LogP contribution is -2.21. The maximum atomic E-state index is 10.2. The molecule has 100 valence electrons. The van der Waals surface area contributed by atoms with E-state index in [9.17, 15) is 5.11 Å². The summed E-state index contributed by atoms with van der Waals surface area (Å²) in [7, 11) is 0. The van der Waals surface area contributed by atoms with E-state index in [1.807, 2.05) is 24.3 Å². The summed E-state index contributed by atoms with van der Waals surface area (Å²) < 4.78 is 0. The van der Waals surface area contributed by atoms with Crippen LogP contribution in [-0.4, -0.2) is 11.2 Å². The van der Waals surface area contributed by atoms with Gasteiger partial charge in [-0.1, -0.05) is 35.9 Å². The fourth-order valence-electron chi connectivity index (χ4n) is 2.65. The summed E-state index contributed by atoms with van der Waals surface area (Å²) in [6.07, 6.45) is 0.119. The van der Waals surface area contributed by atoms with Crippen molar-refractivity contribution in [3.05, 3.63) is 64.2 Å². The molecule has 3 rings (SSSR count). The number of fused-ring (bicyclic) bond motifs is 1. The summed E-state index contributed by atoms with van der Waals surface area (Å²) in [5, 5.41) is 23.2. The Kier molecular flexibility index (Phi) is 3.35. The van der Waals surface area contributed by atoms with Crippen molar-refractivity contribution in [3.63, 3.8) is 0 Å². The Hall–Kier alpha value is -2.02. The number of halogens is 1. The Morgan fingerprint density at radius 2 is 2.05 bits per heavy atom. The van der Waals surface area contributed by atoms with Crippen LogP contribution < -0.4 is 5.32 Å². The first kappa shape index (κ1) is 13.0. The van der Waals surface area contributed by atoms with Gasteiger partial charge in [0.1, 0.15) is 6.07 Å². The Balaban J connectivity index is 1.96. The van der Waals surface area contributed by atoms with Crippen molar-refractivity contribution >= 4 is 17.3 Å². The largest absolute Gasteiger partial charge is 0.390 e. The highest BCUT2D eigenvalue weighted by Gasteiger charge is 2.30. The molecule has 1 aliphatic rings. The van der Waals surface area contributed by atoms with Crippen LogP contribution in [0.3, 0.4) is 0 Å². The predicted octanol–water partition coefficient (Wildman–Crippen LogP) is 3.28. The summed E-state index contributed by atoms with van der Waals surface area (Å²) >= 11 is 5.98. The Labute approximate surface area is 122 Å². The van der Waals surface area contributed by atoms with Gasteiger partial charge in [0, 0.05) is 11.4 Å². The molecule has 0 saturated heterocycles. The van der Waals surface area contributed by atoms with E-state index < -0.39 is 6.10 Å². The molecule has 20 heavy (non-hydrogen) atoms. The van der Waals surface area contributed by atoms with E-state index in [1.54, 1.807) is 18.2 Å². The normalized spacial score (nSPS) is 20.2. The summed E-state index contributed by atoms with van der Waals surface area (Å²) in [5.74, 6) is 0. The van der Waals surface area contributed by atoms with Crippen LogP contribution in [0.4, 0.5) is 5.69 Å². The number of aliphatic hydroxyl groups excluding tert-OH is 1. The van der Waals surface area contributed by atoms with E-state index in [1.165, 1.54) is 0 Å². The number of nitrogens with one attached hydrogen (secondary N) is 1. The van der Waals surface area contributed by atoms with Crippen LogP contribution in [0.25, 0.3) is 0 Å². The lowest BCUT2D eigenvalue weighted by molar-refractivity contribution is 0.166. The molecule has 3 nitrogen and oxygen atoms in total. The van der Waals surface area contributed by atoms with Crippen LogP contribution in [0.5, 0.6) is 0 Å². The highest BCUT2D eigenvalue weighted by Crippen LogP contribution is 2.35. The lowest BCUT2D eigenvalue weighted by atomic mass is 10.1. The van der Waals surface area contributed by atoms with Crippen molar-refractivity contribution in [2.75, 3.05) is 5.32 Å². The molecule has 0 amide bonds. The van der Waals surface area contributed by atoms with E-state index in [-0.39, 0.29) is 6.04 Å². The summed E-state index contributed by atoms with van der Waals surface area (Å²) in [6.45, 7) is 0. The SMILES string of the molecule is N#Cc1ccc(Cl)cc1N[C@H]1c2ccccc2C[C@H]1O. The molecular weight excluding hydrogens is 272 g/mol. The van der Waals surface area contributed by atoms with E-state index in [0.717, 1.165) is 11.1 Å². The molecule has 0 spiro atoms. The molecule has 0 unspecified atom stereocenters. The minimum absolute atomic E-state index is 0.211. The lowest BCUT2D eigenvalue weighted by Gasteiger charge is -2.20. The van der Waals surface area contributed by atoms with Crippen molar-refractivity contribution in [2.45, 2.75) is 18.6 Å². The zero-order chi connectivity index (χ0) is 14.1. The quantitative estimate of drug-likeness (QED) is 0.890. The Morgan fingerprint density at radius 1 is 1.25 bits per heavy atom. The molecule has 0 radical (unpaired) electrons. The highest BCUT2D eigenvalue weighted by atomic mass is 35.5. The Bertz CT molecular complexity index is 693. The molecule has 4 heteroatoms. The number of aliphatic hydroxyl groups is 1. The van der Waals surface area contributed by atoms with Gasteiger partial charge in [0.05, 0.1) is 23.4 Å². The molecule has 0 aliphatic heterocycles. The third kappa shape index (κ3) is 2.24. The van der Waals surface area contributed by atoms with Crippen molar-refractivity contribution in [1.82, 2.24) is 0 Å². The van der Waals surface area contributed by atoms with E-state index in [2.05, 4.69) is 11.4 Å².